The molecule has 0 amide bonds. The molecular formula is C23H39F2NO3. The van der Waals surface area contributed by atoms with E-state index in [9.17, 15) is 18.9 Å². The van der Waals surface area contributed by atoms with E-state index in [2.05, 4.69) is 6.92 Å². The van der Waals surface area contributed by atoms with Gasteiger partial charge in [0, 0.05) is 15.0 Å². The van der Waals surface area contributed by atoms with Gasteiger partial charge < -0.3 is 4.74 Å². The molecule has 2 saturated carbocycles. The van der Waals surface area contributed by atoms with Crippen LogP contribution in [0.5, 0.6) is 5.75 Å². The zero-order valence-corrected chi connectivity index (χ0v) is 16.6. The second kappa shape index (κ2) is 10.4. The average molecular weight is 416 g/mol. The van der Waals surface area contributed by atoms with Crippen LogP contribution >= 0.6 is 0 Å². The summed E-state index contributed by atoms with van der Waals surface area (Å²) >= 11 is 0. The number of hydrogen-bond acceptors (Lipinski definition) is 3. The van der Waals surface area contributed by atoms with Crippen molar-refractivity contribution in [3.8, 4) is 5.75 Å². The monoisotopic (exact) mass is 415 g/mol. The van der Waals surface area contributed by atoms with E-state index in [0.29, 0.717) is 24.7 Å². The standard InChI is InChI=1S/C22H31F2NO3.CH4.2H2/c1-2-3-16-4-6-17(7-5-16)18-8-10-19(11-9-18)22(23,24)28-21-14-12-20(13-15-21)25(26)27;;;/h12-19H,2-11H2,1H3;1H4;2*1H. The number of nitro groups is 1. The van der Waals surface area contributed by atoms with Crippen LogP contribution in [-0.4, -0.2) is 11.0 Å². The Bertz CT molecular complexity index is 645. The van der Waals surface area contributed by atoms with Crippen LogP contribution in [-0.2, 0) is 0 Å². The molecule has 1 aromatic rings. The summed E-state index contributed by atoms with van der Waals surface area (Å²) in [6, 6.07) is 4.87. The topological polar surface area (TPSA) is 52.4 Å². The molecule has 0 unspecified atom stereocenters. The lowest BCUT2D eigenvalue weighted by Gasteiger charge is -2.39. The fourth-order valence-corrected chi connectivity index (χ4v) is 5.16. The molecule has 0 aliphatic heterocycles. The van der Waals surface area contributed by atoms with E-state index in [4.69, 9.17) is 4.74 Å². The molecule has 1 aromatic carbocycles. The Morgan fingerprint density at radius 1 is 1.03 bits per heavy atom. The molecule has 3 rings (SSSR count). The van der Waals surface area contributed by atoms with Gasteiger partial charge >= 0.3 is 6.11 Å². The first-order chi connectivity index (χ1) is 13.4. The van der Waals surface area contributed by atoms with Crippen molar-refractivity contribution in [2.24, 2.45) is 23.7 Å². The van der Waals surface area contributed by atoms with Crippen molar-refractivity contribution in [3.05, 3.63) is 34.4 Å². The van der Waals surface area contributed by atoms with Crippen LogP contribution in [0.3, 0.4) is 0 Å². The van der Waals surface area contributed by atoms with Gasteiger partial charge in [-0.05, 0) is 68.4 Å². The highest BCUT2D eigenvalue weighted by molar-refractivity contribution is 5.36. The van der Waals surface area contributed by atoms with Gasteiger partial charge in [-0.1, -0.05) is 40.0 Å². The minimum atomic E-state index is -3.24. The maximum Gasteiger partial charge on any atom is 0.400 e. The predicted molar refractivity (Wildman–Crippen MR) is 115 cm³/mol. The van der Waals surface area contributed by atoms with Gasteiger partial charge in [-0.25, -0.2) is 0 Å². The molecule has 0 atom stereocenters. The number of non-ortho nitro benzene ring substituents is 1. The van der Waals surface area contributed by atoms with Crippen molar-refractivity contribution in [2.45, 2.75) is 84.7 Å². The van der Waals surface area contributed by atoms with Gasteiger partial charge in [0.25, 0.3) is 5.69 Å². The molecule has 0 heterocycles. The number of nitro benzene ring substituents is 1. The van der Waals surface area contributed by atoms with E-state index < -0.39 is 16.9 Å². The first-order valence-electron chi connectivity index (χ1n) is 10.7. The lowest BCUT2D eigenvalue weighted by Crippen LogP contribution is -2.38. The molecule has 2 fully saturated rings. The third-order valence-electron chi connectivity index (χ3n) is 6.80. The van der Waals surface area contributed by atoms with Crippen LogP contribution < -0.4 is 4.74 Å². The number of benzene rings is 1. The molecule has 168 valence electrons. The molecule has 0 spiro atoms. The van der Waals surface area contributed by atoms with Gasteiger partial charge in [-0.3, -0.25) is 10.1 Å². The minimum absolute atomic E-state index is 0. The molecular weight excluding hydrogens is 376 g/mol. The Kier molecular flexibility index (Phi) is 8.41. The Morgan fingerprint density at radius 3 is 2.03 bits per heavy atom. The normalized spacial score (nSPS) is 27.7. The number of halogens is 2. The summed E-state index contributed by atoms with van der Waals surface area (Å²) in [5.41, 5.74) is -0.134. The summed E-state index contributed by atoms with van der Waals surface area (Å²) in [6.45, 7) is 2.24. The van der Waals surface area contributed by atoms with E-state index in [1.807, 2.05) is 0 Å². The Labute approximate surface area is 176 Å². The lowest BCUT2D eigenvalue weighted by atomic mass is 9.68. The van der Waals surface area contributed by atoms with Crippen LogP contribution in [0.25, 0.3) is 0 Å². The van der Waals surface area contributed by atoms with Crippen molar-refractivity contribution in [2.75, 3.05) is 0 Å². The first-order valence-corrected chi connectivity index (χ1v) is 10.7. The number of rotatable bonds is 7. The van der Waals surface area contributed by atoms with Crippen molar-refractivity contribution in [1.82, 2.24) is 0 Å². The van der Waals surface area contributed by atoms with Gasteiger partial charge in [-0.15, -0.1) is 0 Å². The largest absolute Gasteiger partial charge is 0.432 e. The van der Waals surface area contributed by atoms with E-state index in [-0.39, 0.29) is 21.7 Å². The first kappa shape index (κ1) is 23.6. The highest BCUT2D eigenvalue weighted by Crippen LogP contribution is 2.45. The molecule has 4 nitrogen and oxygen atoms in total. The lowest BCUT2D eigenvalue weighted by molar-refractivity contribution is -0.384. The van der Waals surface area contributed by atoms with E-state index in [1.54, 1.807) is 0 Å². The molecule has 0 radical (unpaired) electrons. The molecule has 2 aliphatic rings. The van der Waals surface area contributed by atoms with Gasteiger partial charge in [0.1, 0.15) is 5.75 Å². The predicted octanol–water partition coefficient (Wildman–Crippen LogP) is 8.11. The molecule has 2 aliphatic carbocycles. The molecule has 0 N–H and O–H groups in total. The van der Waals surface area contributed by atoms with Gasteiger partial charge in [0.05, 0.1) is 10.8 Å². The van der Waals surface area contributed by atoms with Crippen molar-refractivity contribution in [1.29, 1.82) is 0 Å². The number of nitrogens with zero attached hydrogens (tertiary/aromatic N) is 1. The van der Waals surface area contributed by atoms with Gasteiger partial charge in [-0.2, -0.15) is 8.78 Å². The van der Waals surface area contributed by atoms with Crippen LogP contribution in [0.1, 0.15) is 81.4 Å². The molecule has 0 saturated heterocycles. The number of hydrogen-bond donors (Lipinski definition) is 0. The highest BCUT2D eigenvalue weighted by atomic mass is 19.3. The van der Waals surface area contributed by atoms with Crippen LogP contribution in [0, 0.1) is 33.8 Å². The maximum atomic E-state index is 14.6. The molecule has 0 aromatic heterocycles. The quantitative estimate of drug-likeness (QED) is 0.334. The van der Waals surface area contributed by atoms with E-state index in [0.717, 1.165) is 18.8 Å². The summed E-state index contributed by atoms with van der Waals surface area (Å²) in [5, 5.41) is 10.7. The van der Waals surface area contributed by atoms with E-state index >= 15 is 0 Å². The molecule has 29 heavy (non-hydrogen) atoms. The zero-order valence-electron chi connectivity index (χ0n) is 16.6. The third-order valence-corrected chi connectivity index (χ3v) is 6.80. The van der Waals surface area contributed by atoms with Gasteiger partial charge in [0.2, 0.25) is 0 Å². The van der Waals surface area contributed by atoms with Gasteiger partial charge in [0.15, 0.2) is 0 Å². The summed E-state index contributed by atoms with van der Waals surface area (Å²) in [5.74, 6) is 1.35. The Morgan fingerprint density at radius 2 is 1.55 bits per heavy atom. The summed E-state index contributed by atoms with van der Waals surface area (Å²) in [7, 11) is 0. The second-order valence-corrected chi connectivity index (χ2v) is 8.60. The summed E-state index contributed by atoms with van der Waals surface area (Å²) in [4.78, 5) is 10.1. The minimum Gasteiger partial charge on any atom is -0.432 e. The summed E-state index contributed by atoms with van der Waals surface area (Å²) in [6.07, 6.45) is 7.15. The Balaban J connectivity index is 0.00000300. The van der Waals surface area contributed by atoms with Crippen LogP contribution in [0.4, 0.5) is 14.5 Å². The van der Waals surface area contributed by atoms with E-state index in [1.165, 1.54) is 62.8 Å². The number of ether oxygens (including phenoxy) is 1. The highest BCUT2D eigenvalue weighted by Gasteiger charge is 2.45. The van der Waals surface area contributed by atoms with Crippen molar-refractivity contribution in [3.63, 3.8) is 0 Å². The smallest absolute Gasteiger partial charge is 0.400 e. The summed E-state index contributed by atoms with van der Waals surface area (Å²) < 4.78 is 34.1. The molecule has 6 heteroatoms. The van der Waals surface area contributed by atoms with Crippen molar-refractivity contribution < 1.29 is 21.3 Å². The SMILES string of the molecule is C.CCCC1CCC(C2CCC(C(F)(F)Oc3ccc([N+](=O)[O-])cc3)CC2)CC1.[HH].[HH]. The fourth-order valence-electron chi connectivity index (χ4n) is 5.16. The zero-order chi connectivity index (χ0) is 20.1. The maximum absolute atomic E-state index is 14.6. The van der Waals surface area contributed by atoms with Crippen LogP contribution in [0.2, 0.25) is 0 Å². The second-order valence-electron chi connectivity index (χ2n) is 8.60. The fraction of sp³-hybridized carbons (Fsp3) is 0.739. The van der Waals surface area contributed by atoms with Crippen LogP contribution in [0.15, 0.2) is 24.3 Å². The van der Waals surface area contributed by atoms with Crippen molar-refractivity contribution >= 4 is 5.69 Å². The average Bonchev–Trinajstić information content (AvgIpc) is 2.69. The number of alkyl halides is 2. The third kappa shape index (κ3) is 6.13. The Hall–Kier alpha value is -1.72. The molecule has 0 bridgehead atoms.